The zero-order valence-electron chi connectivity index (χ0n) is 17.6. The Morgan fingerprint density at radius 2 is 1.50 bits per heavy atom. The average molecular weight is 355 g/mol. The molecule has 1 aromatic rings. The van der Waals surface area contributed by atoms with Gasteiger partial charge in [-0.1, -0.05) is 84.9 Å². The maximum Gasteiger partial charge on any atom is 0.328 e. The van der Waals surface area contributed by atoms with Crippen LogP contribution in [0.3, 0.4) is 0 Å². The molecule has 0 aliphatic rings. The molecule has 0 heterocycles. The fourth-order valence-corrected chi connectivity index (χ4v) is 2.66. The molecule has 0 aromatic heterocycles. The molecule has 2 nitrogen and oxygen atoms in total. The summed E-state index contributed by atoms with van der Waals surface area (Å²) in [6, 6.07) is 6.91. The molecule has 0 bridgehead atoms. The van der Waals surface area contributed by atoms with Crippen LogP contribution >= 0.6 is 0 Å². The van der Waals surface area contributed by atoms with Crippen molar-refractivity contribution >= 4 is 11.5 Å². The second-order valence-corrected chi connectivity index (χ2v) is 8.93. The van der Waals surface area contributed by atoms with E-state index in [0.717, 1.165) is 12.0 Å². The van der Waals surface area contributed by atoms with Crippen molar-refractivity contribution in [3.63, 3.8) is 0 Å². The van der Waals surface area contributed by atoms with E-state index in [1.54, 1.807) is 6.92 Å². The number of benzene rings is 1. The highest BCUT2D eigenvalue weighted by atomic mass is 16.4. The number of carboxylic acid groups (broad SMARTS) is 1. The zero-order chi connectivity index (χ0) is 20.1. The molecule has 0 aliphatic heterocycles. The van der Waals surface area contributed by atoms with E-state index < -0.39 is 5.97 Å². The van der Waals surface area contributed by atoms with E-state index in [1.807, 2.05) is 12.2 Å². The average Bonchev–Trinajstić information content (AvgIpc) is 2.48. The zero-order valence-corrected chi connectivity index (χ0v) is 17.6. The van der Waals surface area contributed by atoms with Crippen LogP contribution in [0.1, 0.15) is 78.5 Å². The molecule has 26 heavy (non-hydrogen) atoms. The lowest BCUT2D eigenvalue weighted by atomic mass is 9.78. The summed E-state index contributed by atoms with van der Waals surface area (Å²) in [6.45, 7) is 17.4. The first-order chi connectivity index (χ1) is 11.8. The van der Waals surface area contributed by atoms with Gasteiger partial charge in [-0.3, -0.25) is 0 Å². The molecule has 0 amide bonds. The molecule has 0 unspecified atom stereocenters. The van der Waals surface area contributed by atoms with Gasteiger partial charge in [0, 0.05) is 6.08 Å². The summed E-state index contributed by atoms with van der Waals surface area (Å²) >= 11 is 0. The normalized spacial score (nSPS) is 14.2. The van der Waals surface area contributed by atoms with Gasteiger partial charge in [-0.25, -0.2) is 4.79 Å². The minimum Gasteiger partial charge on any atom is -0.478 e. The summed E-state index contributed by atoms with van der Waals surface area (Å²) in [6.07, 6.45) is 8.00. The van der Waals surface area contributed by atoms with Gasteiger partial charge in [0.05, 0.1) is 0 Å². The van der Waals surface area contributed by atoms with Crippen LogP contribution in [-0.4, -0.2) is 11.1 Å². The van der Waals surface area contributed by atoms with Crippen LogP contribution in [0, 0.1) is 0 Å². The molecule has 0 saturated carbocycles. The molecule has 0 spiro atoms. The third-order valence-electron chi connectivity index (χ3n) is 4.42. The number of carboxylic acids is 1. The van der Waals surface area contributed by atoms with E-state index in [2.05, 4.69) is 72.7 Å². The van der Waals surface area contributed by atoms with E-state index in [4.69, 9.17) is 5.11 Å². The Morgan fingerprint density at radius 1 is 1.00 bits per heavy atom. The molecule has 0 atom stereocenters. The summed E-state index contributed by atoms with van der Waals surface area (Å²) in [5, 5.41) is 8.80. The van der Waals surface area contributed by atoms with Crippen molar-refractivity contribution in [1.82, 2.24) is 0 Å². The molecule has 1 N–H and O–H groups in total. The maximum atomic E-state index is 10.7. The molecule has 0 radical (unpaired) electrons. The van der Waals surface area contributed by atoms with Crippen LogP contribution in [0.4, 0.5) is 0 Å². The van der Waals surface area contributed by atoms with Crippen LogP contribution in [-0.2, 0) is 15.6 Å². The van der Waals surface area contributed by atoms with E-state index in [1.165, 1.54) is 28.3 Å². The number of carbonyl (C=O) groups is 1. The van der Waals surface area contributed by atoms with Gasteiger partial charge in [0.25, 0.3) is 0 Å². The molecule has 0 saturated heterocycles. The monoisotopic (exact) mass is 354 g/mol. The van der Waals surface area contributed by atoms with Crippen molar-refractivity contribution in [2.75, 3.05) is 0 Å². The predicted molar refractivity (Wildman–Crippen MR) is 113 cm³/mol. The van der Waals surface area contributed by atoms with Gasteiger partial charge in [0.1, 0.15) is 0 Å². The highest BCUT2D eigenvalue weighted by Gasteiger charge is 2.20. The summed E-state index contributed by atoms with van der Waals surface area (Å²) in [4.78, 5) is 10.7. The number of rotatable bonds is 5. The van der Waals surface area contributed by atoms with Gasteiger partial charge in [-0.15, -0.1) is 0 Å². The van der Waals surface area contributed by atoms with Gasteiger partial charge in [-0.2, -0.15) is 0 Å². The third kappa shape index (κ3) is 6.67. The highest BCUT2D eigenvalue weighted by Crippen LogP contribution is 2.33. The first-order valence-corrected chi connectivity index (χ1v) is 9.29. The largest absolute Gasteiger partial charge is 0.478 e. The lowest BCUT2D eigenvalue weighted by molar-refractivity contribution is -0.131. The first-order valence-electron chi connectivity index (χ1n) is 9.29. The molecular weight excluding hydrogens is 320 g/mol. The molecule has 2 heteroatoms. The Balaban J connectivity index is 3.39. The van der Waals surface area contributed by atoms with E-state index in [9.17, 15) is 4.79 Å². The standard InChI is InChI=1S/C24H34O2/c1-9-18(12-10-11-17(2)13-22(25)26)19-14-20(23(3,4)5)16-21(15-19)24(6,7)8/h10-16H,9H2,1-8H3,(H,25,26). The summed E-state index contributed by atoms with van der Waals surface area (Å²) in [5.41, 5.74) is 6.07. The lowest BCUT2D eigenvalue weighted by Crippen LogP contribution is -2.17. The van der Waals surface area contributed by atoms with Crippen LogP contribution in [0.25, 0.3) is 5.57 Å². The molecular formula is C24H34O2. The summed E-state index contributed by atoms with van der Waals surface area (Å²) in [7, 11) is 0. The van der Waals surface area contributed by atoms with Gasteiger partial charge < -0.3 is 5.11 Å². The number of allylic oxidation sites excluding steroid dienone is 5. The van der Waals surface area contributed by atoms with E-state index in [0.29, 0.717) is 0 Å². The van der Waals surface area contributed by atoms with Gasteiger partial charge in [0.2, 0.25) is 0 Å². The number of hydrogen-bond donors (Lipinski definition) is 1. The number of hydrogen-bond acceptors (Lipinski definition) is 1. The van der Waals surface area contributed by atoms with Crippen LogP contribution < -0.4 is 0 Å². The SMILES string of the molecule is CCC(=CC=CC(C)=CC(=O)O)c1cc(C(C)(C)C)cc(C(C)(C)C)c1. The van der Waals surface area contributed by atoms with Gasteiger partial charge in [0.15, 0.2) is 0 Å². The fraction of sp³-hybridized carbons (Fsp3) is 0.458. The smallest absolute Gasteiger partial charge is 0.328 e. The molecule has 0 aliphatic carbocycles. The quantitative estimate of drug-likeness (QED) is 0.474. The molecule has 0 fully saturated rings. The Hall–Kier alpha value is -2.09. The molecule has 1 aromatic carbocycles. The van der Waals surface area contributed by atoms with Crippen LogP contribution in [0.5, 0.6) is 0 Å². The van der Waals surface area contributed by atoms with Crippen molar-refractivity contribution in [2.24, 2.45) is 0 Å². The van der Waals surface area contributed by atoms with E-state index in [-0.39, 0.29) is 10.8 Å². The minimum absolute atomic E-state index is 0.0888. The second kappa shape index (κ2) is 8.53. The lowest BCUT2D eigenvalue weighted by Gasteiger charge is -2.26. The van der Waals surface area contributed by atoms with Crippen LogP contribution in [0.2, 0.25) is 0 Å². The first kappa shape index (κ1) is 22.0. The third-order valence-corrected chi connectivity index (χ3v) is 4.42. The summed E-state index contributed by atoms with van der Waals surface area (Å²) in [5.74, 6) is -0.917. The number of aliphatic carboxylic acids is 1. The molecule has 142 valence electrons. The van der Waals surface area contributed by atoms with Crippen molar-refractivity contribution in [3.05, 3.63) is 64.8 Å². The van der Waals surface area contributed by atoms with Crippen molar-refractivity contribution in [1.29, 1.82) is 0 Å². The summed E-state index contributed by atoms with van der Waals surface area (Å²) < 4.78 is 0. The fourth-order valence-electron chi connectivity index (χ4n) is 2.66. The minimum atomic E-state index is -0.917. The second-order valence-electron chi connectivity index (χ2n) is 8.93. The maximum absolute atomic E-state index is 10.7. The van der Waals surface area contributed by atoms with Crippen molar-refractivity contribution in [2.45, 2.75) is 72.6 Å². The molecule has 1 rings (SSSR count). The van der Waals surface area contributed by atoms with Crippen LogP contribution in [0.15, 0.2) is 48.1 Å². The van der Waals surface area contributed by atoms with Gasteiger partial charge >= 0.3 is 5.97 Å². The topological polar surface area (TPSA) is 37.3 Å². The Bertz CT molecular complexity index is 700. The van der Waals surface area contributed by atoms with Crippen molar-refractivity contribution in [3.8, 4) is 0 Å². The van der Waals surface area contributed by atoms with Crippen molar-refractivity contribution < 1.29 is 9.90 Å². The van der Waals surface area contributed by atoms with Gasteiger partial charge in [-0.05, 0) is 52.0 Å². The Labute approximate surface area is 159 Å². The predicted octanol–water partition coefficient (Wildman–Crippen LogP) is 6.66. The van der Waals surface area contributed by atoms with E-state index >= 15 is 0 Å². The Morgan fingerprint density at radius 3 is 1.88 bits per heavy atom. The highest BCUT2D eigenvalue weighted by molar-refractivity contribution is 5.81. The Kier molecular flexibility index (Phi) is 7.20.